The normalized spacial score (nSPS) is 16.3. The number of benzene rings is 1. The number of ether oxygens (including phenoxy) is 1. The topological polar surface area (TPSA) is 76.6 Å². The van der Waals surface area contributed by atoms with Crippen molar-refractivity contribution in [3.05, 3.63) is 65.8 Å². The van der Waals surface area contributed by atoms with Gasteiger partial charge < -0.3 is 19.0 Å². The number of allylic oxidation sites excluding steroid dienone is 2. The first-order valence-electron chi connectivity index (χ1n) is 12.2. The number of furan rings is 1. The van der Waals surface area contributed by atoms with Crippen molar-refractivity contribution in [1.82, 2.24) is 19.7 Å². The van der Waals surface area contributed by atoms with Crippen molar-refractivity contribution >= 4 is 23.6 Å². The summed E-state index contributed by atoms with van der Waals surface area (Å²) in [5, 5.41) is 9.77. The van der Waals surface area contributed by atoms with Gasteiger partial charge in [-0.1, -0.05) is 36.0 Å². The van der Waals surface area contributed by atoms with Crippen LogP contribution in [0.5, 0.6) is 0 Å². The molecule has 1 saturated heterocycles. The van der Waals surface area contributed by atoms with Gasteiger partial charge in [0.2, 0.25) is 11.9 Å². The number of hydrogen-bond donors (Lipinski definition) is 0. The van der Waals surface area contributed by atoms with E-state index in [1.54, 1.807) is 6.26 Å². The average Bonchev–Trinajstić information content (AvgIpc) is 3.57. The molecule has 184 valence electrons. The molecule has 0 spiro atoms. The van der Waals surface area contributed by atoms with Crippen molar-refractivity contribution in [3.63, 3.8) is 0 Å². The van der Waals surface area contributed by atoms with Gasteiger partial charge in [-0.15, -0.1) is 10.2 Å². The lowest BCUT2D eigenvalue weighted by Gasteiger charge is -2.28. The largest absolute Gasteiger partial charge is 0.467 e. The number of amides is 1. The van der Waals surface area contributed by atoms with Gasteiger partial charge in [0.05, 0.1) is 37.5 Å². The van der Waals surface area contributed by atoms with Crippen LogP contribution in [0.15, 0.2) is 64.0 Å². The average molecular weight is 494 g/mol. The predicted octanol–water partition coefficient (Wildman–Crippen LogP) is 4.58. The first-order chi connectivity index (χ1) is 17.2. The molecule has 8 nitrogen and oxygen atoms in total. The number of hydrogen-bond acceptors (Lipinski definition) is 7. The molecule has 1 aliphatic heterocycles. The zero-order valence-corrected chi connectivity index (χ0v) is 20.9. The molecule has 3 aromatic rings. The molecule has 1 fully saturated rings. The molecule has 35 heavy (non-hydrogen) atoms. The lowest BCUT2D eigenvalue weighted by atomic mass is 10.0. The quantitative estimate of drug-likeness (QED) is 0.425. The lowest BCUT2D eigenvalue weighted by molar-refractivity contribution is -0.127. The fraction of sp³-hybridized carbons (Fsp3) is 0.423. The highest BCUT2D eigenvalue weighted by Gasteiger charge is 2.25. The van der Waals surface area contributed by atoms with Crippen LogP contribution in [0.25, 0.3) is 5.69 Å². The zero-order chi connectivity index (χ0) is 24.0. The number of carbonyl (C=O) groups is 1. The van der Waals surface area contributed by atoms with E-state index in [4.69, 9.17) is 9.15 Å². The van der Waals surface area contributed by atoms with Crippen LogP contribution < -0.4 is 4.90 Å². The zero-order valence-electron chi connectivity index (χ0n) is 20.1. The monoisotopic (exact) mass is 493 g/mol. The van der Waals surface area contributed by atoms with Gasteiger partial charge in [0, 0.05) is 18.8 Å². The Morgan fingerprint density at radius 2 is 1.97 bits per heavy atom. The van der Waals surface area contributed by atoms with E-state index >= 15 is 0 Å². The van der Waals surface area contributed by atoms with Crippen LogP contribution in [0, 0.1) is 6.92 Å². The first-order valence-corrected chi connectivity index (χ1v) is 13.2. The Labute approximate surface area is 209 Å². The van der Waals surface area contributed by atoms with Gasteiger partial charge in [0.1, 0.15) is 5.76 Å². The Kier molecular flexibility index (Phi) is 7.54. The molecule has 0 atom stereocenters. The number of morpholine rings is 1. The van der Waals surface area contributed by atoms with Crippen molar-refractivity contribution in [3.8, 4) is 5.69 Å². The maximum absolute atomic E-state index is 13.5. The smallest absolute Gasteiger partial charge is 0.237 e. The summed E-state index contributed by atoms with van der Waals surface area (Å²) in [5.41, 5.74) is 3.24. The fourth-order valence-electron chi connectivity index (χ4n) is 4.53. The van der Waals surface area contributed by atoms with E-state index in [1.165, 1.54) is 18.2 Å². The third kappa shape index (κ3) is 5.46. The maximum Gasteiger partial charge on any atom is 0.237 e. The van der Waals surface area contributed by atoms with Crippen LogP contribution in [0.3, 0.4) is 0 Å². The number of aromatic nitrogens is 3. The highest BCUT2D eigenvalue weighted by Crippen LogP contribution is 2.30. The second kappa shape index (κ2) is 11.1. The molecule has 1 amide bonds. The van der Waals surface area contributed by atoms with Gasteiger partial charge in [-0.25, -0.2) is 0 Å². The van der Waals surface area contributed by atoms with Crippen LogP contribution in [-0.2, 0) is 16.1 Å². The molecule has 9 heteroatoms. The van der Waals surface area contributed by atoms with Crippen molar-refractivity contribution < 1.29 is 13.9 Å². The van der Waals surface area contributed by atoms with E-state index in [1.807, 2.05) is 29.2 Å². The molecule has 2 aliphatic rings. The second-order valence-corrected chi connectivity index (χ2v) is 9.74. The molecule has 0 bridgehead atoms. The van der Waals surface area contributed by atoms with Gasteiger partial charge in [-0.3, -0.25) is 9.36 Å². The fourth-order valence-corrected chi connectivity index (χ4v) is 5.34. The molecular weight excluding hydrogens is 462 g/mol. The van der Waals surface area contributed by atoms with Gasteiger partial charge in [-0.05, 0) is 56.4 Å². The van der Waals surface area contributed by atoms with E-state index in [9.17, 15) is 4.79 Å². The van der Waals surface area contributed by atoms with Crippen LogP contribution >= 0.6 is 11.8 Å². The van der Waals surface area contributed by atoms with Gasteiger partial charge >= 0.3 is 0 Å². The maximum atomic E-state index is 13.5. The van der Waals surface area contributed by atoms with Crippen LogP contribution in [0.4, 0.5) is 5.95 Å². The Balaban J connectivity index is 1.40. The minimum Gasteiger partial charge on any atom is -0.467 e. The van der Waals surface area contributed by atoms with E-state index in [-0.39, 0.29) is 11.7 Å². The summed E-state index contributed by atoms with van der Waals surface area (Å²) in [5.74, 6) is 1.89. The molecule has 1 aliphatic carbocycles. The SMILES string of the molecule is Cc1ccccc1-n1c(SCC(=O)N(Cc2ccco2)C2=CCCCC2)nnc1N1CCOCC1. The summed E-state index contributed by atoms with van der Waals surface area (Å²) in [6.45, 7) is 5.38. The summed E-state index contributed by atoms with van der Waals surface area (Å²) in [6, 6.07) is 12.0. The lowest BCUT2D eigenvalue weighted by Crippen LogP contribution is -2.38. The molecule has 0 saturated carbocycles. The summed E-state index contributed by atoms with van der Waals surface area (Å²) < 4.78 is 13.2. The number of aryl methyl sites for hydroxylation is 1. The minimum absolute atomic E-state index is 0.0480. The van der Waals surface area contributed by atoms with E-state index in [0.29, 0.717) is 24.9 Å². The molecular formula is C26H31N5O3S. The first kappa shape index (κ1) is 23.7. The van der Waals surface area contributed by atoms with Crippen LogP contribution in [0.1, 0.15) is 37.0 Å². The van der Waals surface area contributed by atoms with Crippen molar-refractivity contribution in [2.75, 3.05) is 37.0 Å². The van der Waals surface area contributed by atoms with Crippen LogP contribution in [-0.4, -0.2) is 57.6 Å². The molecule has 3 heterocycles. The summed E-state index contributed by atoms with van der Waals surface area (Å²) >= 11 is 1.43. The number of thioether (sulfide) groups is 1. The number of nitrogens with zero attached hydrogens (tertiary/aromatic N) is 5. The van der Waals surface area contributed by atoms with Gasteiger partial charge in [0.25, 0.3) is 0 Å². The highest BCUT2D eigenvalue weighted by molar-refractivity contribution is 7.99. The third-order valence-electron chi connectivity index (χ3n) is 6.40. The second-order valence-electron chi connectivity index (χ2n) is 8.79. The van der Waals surface area contributed by atoms with E-state index in [0.717, 1.165) is 61.0 Å². The van der Waals surface area contributed by atoms with E-state index in [2.05, 4.69) is 44.8 Å². The Morgan fingerprint density at radius 3 is 2.71 bits per heavy atom. The minimum atomic E-state index is 0.0480. The van der Waals surface area contributed by atoms with Crippen molar-refractivity contribution in [2.45, 2.75) is 44.3 Å². The summed E-state index contributed by atoms with van der Waals surface area (Å²) in [6.07, 6.45) is 8.05. The molecule has 2 aromatic heterocycles. The van der Waals surface area contributed by atoms with Gasteiger partial charge in [0.15, 0.2) is 5.16 Å². The standard InChI is InChI=1S/C26H31N5O3S/c1-20-8-5-6-12-23(20)31-25(29-13-16-33-17-14-29)27-28-26(31)35-19-24(32)30(18-22-11-7-15-34-22)21-9-3-2-4-10-21/h5-9,11-12,15H,2-4,10,13-14,16-19H2,1H3. The predicted molar refractivity (Wildman–Crippen MR) is 136 cm³/mol. The Bertz CT molecular complexity index is 1170. The van der Waals surface area contributed by atoms with Gasteiger partial charge in [-0.2, -0.15) is 0 Å². The summed E-state index contributed by atoms with van der Waals surface area (Å²) in [4.78, 5) is 17.6. The number of para-hydroxylation sites is 1. The highest BCUT2D eigenvalue weighted by atomic mass is 32.2. The molecule has 0 radical (unpaired) electrons. The van der Waals surface area contributed by atoms with Crippen molar-refractivity contribution in [2.24, 2.45) is 0 Å². The third-order valence-corrected chi connectivity index (χ3v) is 7.31. The van der Waals surface area contributed by atoms with Crippen LogP contribution in [0.2, 0.25) is 0 Å². The Morgan fingerprint density at radius 1 is 1.11 bits per heavy atom. The Hall–Kier alpha value is -3.04. The molecule has 0 N–H and O–H groups in total. The molecule has 0 unspecified atom stereocenters. The molecule has 1 aromatic carbocycles. The number of anilines is 1. The molecule has 5 rings (SSSR count). The number of carbonyl (C=O) groups excluding carboxylic acids is 1. The number of rotatable bonds is 8. The van der Waals surface area contributed by atoms with Crippen molar-refractivity contribution in [1.29, 1.82) is 0 Å². The summed E-state index contributed by atoms with van der Waals surface area (Å²) in [7, 11) is 0. The van der Waals surface area contributed by atoms with E-state index < -0.39 is 0 Å².